The third kappa shape index (κ3) is 2.32. The molecule has 0 aromatic heterocycles. The molecule has 0 unspecified atom stereocenters. The Labute approximate surface area is 96.5 Å². The average Bonchev–Trinajstić information content (AvgIpc) is 2.35. The van der Waals surface area contributed by atoms with Crippen LogP contribution in [0.3, 0.4) is 0 Å². The minimum absolute atomic E-state index is 0.416. The molecular weight excluding hydrogens is 198 g/mol. The SMILES string of the molecule is CC[C@@H](C)N(C)c1ccc(C#N)c(C#N)c1. The summed E-state index contributed by atoms with van der Waals surface area (Å²) in [6.07, 6.45) is 1.04. The molecule has 0 spiro atoms. The van der Waals surface area contributed by atoms with Crippen LogP contribution >= 0.6 is 0 Å². The summed E-state index contributed by atoms with van der Waals surface area (Å²) < 4.78 is 0. The van der Waals surface area contributed by atoms with E-state index in [1.165, 1.54) is 0 Å². The topological polar surface area (TPSA) is 50.8 Å². The van der Waals surface area contributed by atoms with Gasteiger partial charge in [0.1, 0.15) is 12.1 Å². The Morgan fingerprint density at radius 1 is 1.25 bits per heavy atom. The van der Waals surface area contributed by atoms with Crippen LogP contribution in [-0.4, -0.2) is 13.1 Å². The van der Waals surface area contributed by atoms with Crippen molar-refractivity contribution in [3.63, 3.8) is 0 Å². The largest absolute Gasteiger partial charge is 0.372 e. The van der Waals surface area contributed by atoms with Crippen molar-refractivity contribution in [1.29, 1.82) is 10.5 Å². The average molecular weight is 213 g/mol. The monoisotopic (exact) mass is 213 g/mol. The van der Waals surface area contributed by atoms with Gasteiger partial charge in [0, 0.05) is 18.8 Å². The summed E-state index contributed by atoms with van der Waals surface area (Å²) >= 11 is 0. The van der Waals surface area contributed by atoms with Gasteiger partial charge in [0.15, 0.2) is 0 Å². The van der Waals surface area contributed by atoms with E-state index in [-0.39, 0.29) is 0 Å². The number of anilines is 1. The van der Waals surface area contributed by atoms with E-state index in [2.05, 4.69) is 18.7 Å². The highest BCUT2D eigenvalue weighted by Gasteiger charge is 2.10. The quantitative estimate of drug-likeness (QED) is 0.775. The molecule has 16 heavy (non-hydrogen) atoms. The molecule has 0 N–H and O–H groups in total. The van der Waals surface area contributed by atoms with E-state index >= 15 is 0 Å². The maximum atomic E-state index is 8.93. The number of rotatable bonds is 3. The molecule has 1 aromatic carbocycles. The molecule has 0 bridgehead atoms. The van der Waals surface area contributed by atoms with Crippen LogP contribution in [0.2, 0.25) is 0 Å². The summed E-state index contributed by atoms with van der Waals surface area (Å²) in [4.78, 5) is 2.11. The van der Waals surface area contributed by atoms with Crippen molar-refractivity contribution in [2.45, 2.75) is 26.3 Å². The van der Waals surface area contributed by atoms with Gasteiger partial charge in [0.2, 0.25) is 0 Å². The normalized spacial score (nSPS) is 11.3. The predicted octanol–water partition coefficient (Wildman–Crippen LogP) is 2.66. The van der Waals surface area contributed by atoms with Gasteiger partial charge in [0.25, 0.3) is 0 Å². The lowest BCUT2D eigenvalue weighted by atomic mass is 10.1. The molecule has 0 amide bonds. The highest BCUT2D eigenvalue weighted by Crippen LogP contribution is 2.20. The molecule has 0 heterocycles. The number of benzene rings is 1. The minimum atomic E-state index is 0.416. The fraction of sp³-hybridized carbons (Fsp3) is 0.385. The van der Waals surface area contributed by atoms with E-state index in [4.69, 9.17) is 10.5 Å². The third-order valence-electron chi connectivity index (χ3n) is 2.90. The van der Waals surface area contributed by atoms with Crippen molar-refractivity contribution in [2.75, 3.05) is 11.9 Å². The standard InChI is InChI=1S/C13H15N3/c1-4-10(2)16(3)13-6-5-11(8-14)12(7-13)9-15/h5-7,10H,4H2,1-3H3/t10-/m1/s1. The summed E-state index contributed by atoms with van der Waals surface area (Å²) in [5, 5.41) is 17.8. The molecule has 1 rings (SSSR count). The smallest absolute Gasteiger partial charge is 0.101 e. The molecule has 0 aliphatic rings. The first-order valence-electron chi connectivity index (χ1n) is 5.31. The maximum Gasteiger partial charge on any atom is 0.101 e. The zero-order valence-electron chi connectivity index (χ0n) is 9.86. The molecular formula is C13H15N3. The summed E-state index contributed by atoms with van der Waals surface area (Å²) in [5.41, 5.74) is 1.85. The molecule has 0 aliphatic carbocycles. The van der Waals surface area contributed by atoms with Crippen LogP contribution in [0.25, 0.3) is 0 Å². The molecule has 82 valence electrons. The van der Waals surface area contributed by atoms with Crippen LogP contribution in [0, 0.1) is 22.7 Å². The fourth-order valence-corrected chi connectivity index (χ4v) is 1.47. The van der Waals surface area contributed by atoms with Gasteiger partial charge in [-0.15, -0.1) is 0 Å². The Balaban J connectivity index is 3.10. The zero-order valence-corrected chi connectivity index (χ0v) is 9.86. The summed E-state index contributed by atoms with van der Waals surface area (Å²) in [7, 11) is 2.00. The number of nitriles is 2. The second kappa shape index (κ2) is 5.19. The van der Waals surface area contributed by atoms with Crippen molar-refractivity contribution in [3.05, 3.63) is 29.3 Å². The van der Waals surface area contributed by atoms with E-state index in [9.17, 15) is 0 Å². The van der Waals surface area contributed by atoms with Gasteiger partial charge in [-0.05, 0) is 31.5 Å². The third-order valence-corrected chi connectivity index (χ3v) is 2.90. The van der Waals surface area contributed by atoms with Gasteiger partial charge in [-0.1, -0.05) is 6.92 Å². The van der Waals surface area contributed by atoms with Crippen molar-refractivity contribution >= 4 is 5.69 Å². The molecule has 3 heteroatoms. The number of hydrogen-bond acceptors (Lipinski definition) is 3. The maximum absolute atomic E-state index is 8.93. The lowest BCUT2D eigenvalue weighted by Gasteiger charge is -2.26. The van der Waals surface area contributed by atoms with Gasteiger partial charge in [-0.25, -0.2) is 0 Å². The van der Waals surface area contributed by atoms with Crippen LogP contribution in [0.5, 0.6) is 0 Å². The Morgan fingerprint density at radius 2 is 1.88 bits per heavy atom. The van der Waals surface area contributed by atoms with Crippen LogP contribution < -0.4 is 4.90 Å². The minimum Gasteiger partial charge on any atom is -0.372 e. The van der Waals surface area contributed by atoms with Crippen molar-refractivity contribution in [1.82, 2.24) is 0 Å². The molecule has 1 atom stereocenters. The first-order valence-corrected chi connectivity index (χ1v) is 5.31. The van der Waals surface area contributed by atoms with Crippen LogP contribution in [-0.2, 0) is 0 Å². The van der Waals surface area contributed by atoms with Crippen LogP contribution in [0.1, 0.15) is 31.4 Å². The van der Waals surface area contributed by atoms with Gasteiger partial charge in [-0.3, -0.25) is 0 Å². The molecule has 1 aromatic rings. The second-order valence-corrected chi connectivity index (χ2v) is 3.82. The molecule has 0 fully saturated rings. The highest BCUT2D eigenvalue weighted by atomic mass is 15.1. The van der Waals surface area contributed by atoms with E-state index in [1.807, 2.05) is 25.3 Å². The molecule has 0 saturated carbocycles. The van der Waals surface area contributed by atoms with Gasteiger partial charge < -0.3 is 4.90 Å². The van der Waals surface area contributed by atoms with Crippen molar-refractivity contribution < 1.29 is 0 Å². The fourth-order valence-electron chi connectivity index (χ4n) is 1.47. The highest BCUT2D eigenvalue weighted by molar-refractivity contribution is 5.57. The Hall–Kier alpha value is -2.00. The Morgan fingerprint density at radius 3 is 2.38 bits per heavy atom. The van der Waals surface area contributed by atoms with E-state index in [0.29, 0.717) is 17.2 Å². The van der Waals surface area contributed by atoms with Crippen LogP contribution in [0.4, 0.5) is 5.69 Å². The summed E-state index contributed by atoms with van der Waals surface area (Å²) in [6, 6.07) is 9.83. The van der Waals surface area contributed by atoms with E-state index in [0.717, 1.165) is 12.1 Å². The zero-order chi connectivity index (χ0) is 12.1. The van der Waals surface area contributed by atoms with Gasteiger partial charge >= 0.3 is 0 Å². The molecule has 3 nitrogen and oxygen atoms in total. The summed E-state index contributed by atoms with van der Waals surface area (Å²) in [6.45, 7) is 4.25. The lowest BCUT2D eigenvalue weighted by Crippen LogP contribution is -2.27. The summed E-state index contributed by atoms with van der Waals surface area (Å²) in [5.74, 6) is 0. The van der Waals surface area contributed by atoms with Crippen LogP contribution in [0.15, 0.2) is 18.2 Å². The first-order chi connectivity index (χ1) is 7.63. The Bertz CT molecular complexity index is 451. The molecule has 0 saturated heterocycles. The van der Waals surface area contributed by atoms with Gasteiger partial charge in [0.05, 0.1) is 11.1 Å². The molecule has 0 aliphatic heterocycles. The number of hydrogen-bond donors (Lipinski definition) is 0. The van der Waals surface area contributed by atoms with E-state index in [1.54, 1.807) is 12.1 Å². The Kier molecular flexibility index (Phi) is 3.91. The van der Waals surface area contributed by atoms with E-state index < -0.39 is 0 Å². The van der Waals surface area contributed by atoms with Gasteiger partial charge in [-0.2, -0.15) is 10.5 Å². The predicted molar refractivity (Wildman–Crippen MR) is 64.0 cm³/mol. The van der Waals surface area contributed by atoms with Crippen molar-refractivity contribution in [2.24, 2.45) is 0 Å². The first kappa shape index (κ1) is 12.1. The second-order valence-electron chi connectivity index (χ2n) is 3.82. The lowest BCUT2D eigenvalue weighted by molar-refractivity contribution is 0.664. The molecule has 0 radical (unpaired) electrons. The van der Waals surface area contributed by atoms with Crippen molar-refractivity contribution in [3.8, 4) is 12.1 Å². The number of nitrogens with zero attached hydrogens (tertiary/aromatic N) is 3.